The molecule has 0 aliphatic heterocycles. The average molecular weight is 288 g/mol. The zero-order chi connectivity index (χ0) is 15.1. The highest BCUT2D eigenvalue weighted by Gasteiger charge is 2.14. The summed E-state index contributed by atoms with van der Waals surface area (Å²) in [5.74, 6) is -3.20. The summed E-state index contributed by atoms with van der Waals surface area (Å²) in [5.41, 5.74) is -0.724. The SMILES string of the molecule is COCCN(C)CCNc1c(F)cc(C(=O)O)cc1F. The van der Waals surface area contributed by atoms with Crippen LogP contribution in [0.5, 0.6) is 0 Å². The third-order valence-corrected chi connectivity index (χ3v) is 2.76. The summed E-state index contributed by atoms with van der Waals surface area (Å²) in [4.78, 5) is 12.6. The molecule has 0 spiro atoms. The molecule has 0 atom stereocenters. The Bertz CT molecular complexity index is 446. The average Bonchev–Trinajstić information content (AvgIpc) is 2.39. The van der Waals surface area contributed by atoms with Crippen LogP contribution in [0.4, 0.5) is 14.5 Å². The van der Waals surface area contributed by atoms with E-state index in [1.54, 1.807) is 7.11 Å². The summed E-state index contributed by atoms with van der Waals surface area (Å²) in [5, 5.41) is 11.3. The molecule has 1 aromatic carbocycles. The van der Waals surface area contributed by atoms with Gasteiger partial charge in [0.15, 0.2) is 0 Å². The number of aromatic carboxylic acids is 1. The van der Waals surface area contributed by atoms with Crippen LogP contribution in [0, 0.1) is 11.6 Å². The van der Waals surface area contributed by atoms with E-state index in [4.69, 9.17) is 9.84 Å². The van der Waals surface area contributed by atoms with Crippen molar-refractivity contribution in [3.63, 3.8) is 0 Å². The number of benzene rings is 1. The fraction of sp³-hybridized carbons (Fsp3) is 0.462. The number of nitrogens with zero attached hydrogens (tertiary/aromatic N) is 1. The van der Waals surface area contributed by atoms with Gasteiger partial charge in [0.1, 0.15) is 17.3 Å². The second-order valence-electron chi connectivity index (χ2n) is 4.34. The highest BCUT2D eigenvalue weighted by Crippen LogP contribution is 2.20. The summed E-state index contributed by atoms with van der Waals surface area (Å²) in [7, 11) is 3.46. The van der Waals surface area contributed by atoms with Crippen molar-refractivity contribution >= 4 is 11.7 Å². The van der Waals surface area contributed by atoms with Gasteiger partial charge < -0.3 is 20.1 Å². The van der Waals surface area contributed by atoms with Crippen LogP contribution in [-0.2, 0) is 4.74 Å². The Hall–Kier alpha value is -1.73. The normalized spacial score (nSPS) is 10.8. The van der Waals surface area contributed by atoms with Gasteiger partial charge in [-0.2, -0.15) is 0 Å². The van der Waals surface area contributed by atoms with Crippen LogP contribution in [-0.4, -0.2) is 56.4 Å². The number of ether oxygens (including phenoxy) is 1. The third-order valence-electron chi connectivity index (χ3n) is 2.76. The lowest BCUT2D eigenvalue weighted by atomic mass is 10.2. The first kappa shape index (κ1) is 16.3. The number of methoxy groups -OCH3 is 1. The van der Waals surface area contributed by atoms with Crippen LogP contribution in [0.2, 0.25) is 0 Å². The van der Waals surface area contributed by atoms with E-state index in [1.165, 1.54) is 0 Å². The maximum absolute atomic E-state index is 13.6. The topological polar surface area (TPSA) is 61.8 Å². The summed E-state index contributed by atoms with van der Waals surface area (Å²) in [6, 6.07) is 1.59. The molecule has 0 heterocycles. The van der Waals surface area contributed by atoms with Crippen LogP contribution < -0.4 is 5.32 Å². The van der Waals surface area contributed by atoms with Crippen LogP contribution in [0.25, 0.3) is 0 Å². The van der Waals surface area contributed by atoms with Crippen molar-refractivity contribution in [3.05, 3.63) is 29.3 Å². The molecule has 0 saturated heterocycles. The van der Waals surface area contributed by atoms with E-state index in [-0.39, 0.29) is 5.69 Å². The van der Waals surface area contributed by atoms with E-state index >= 15 is 0 Å². The van der Waals surface area contributed by atoms with Crippen LogP contribution >= 0.6 is 0 Å². The van der Waals surface area contributed by atoms with Crippen LogP contribution in [0.15, 0.2) is 12.1 Å². The molecular formula is C13H18F2N2O3. The lowest BCUT2D eigenvalue weighted by Gasteiger charge is -2.17. The Morgan fingerprint density at radius 1 is 1.35 bits per heavy atom. The monoisotopic (exact) mass is 288 g/mol. The smallest absolute Gasteiger partial charge is 0.335 e. The van der Waals surface area contributed by atoms with Gasteiger partial charge in [-0.15, -0.1) is 0 Å². The number of rotatable bonds is 8. The highest BCUT2D eigenvalue weighted by atomic mass is 19.1. The minimum absolute atomic E-state index is 0.310. The molecule has 0 aliphatic carbocycles. The predicted molar refractivity (Wildman–Crippen MR) is 71.2 cm³/mol. The van der Waals surface area contributed by atoms with Gasteiger partial charge in [-0.1, -0.05) is 0 Å². The van der Waals surface area contributed by atoms with Gasteiger partial charge in [0, 0.05) is 26.7 Å². The number of hydrogen-bond acceptors (Lipinski definition) is 4. The molecule has 0 radical (unpaired) electrons. The maximum Gasteiger partial charge on any atom is 0.335 e. The molecule has 1 aromatic rings. The van der Waals surface area contributed by atoms with Crippen molar-refractivity contribution in [1.82, 2.24) is 4.90 Å². The minimum atomic E-state index is -1.37. The second-order valence-corrected chi connectivity index (χ2v) is 4.34. The number of anilines is 1. The molecule has 0 bridgehead atoms. The molecule has 1 rings (SSSR count). The number of halogens is 2. The number of nitrogens with one attached hydrogen (secondary N) is 1. The lowest BCUT2D eigenvalue weighted by molar-refractivity contribution is 0.0696. The molecule has 0 saturated carbocycles. The van der Waals surface area contributed by atoms with Crippen molar-refractivity contribution in [2.75, 3.05) is 45.7 Å². The van der Waals surface area contributed by atoms with Gasteiger partial charge in [-0.3, -0.25) is 0 Å². The molecular weight excluding hydrogens is 270 g/mol. The molecule has 20 heavy (non-hydrogen) atoms. The molecule has 0 aliphatic rings. The fourth-order valence-electron chi connectivity index (χ4n) is 1.60. The van der Waals surface area contributed by atoms with Crippen molar-refractivity contribution in [1.29, 1.82) is 0 Å². The van der Waals surface area contributed by atoms with Crippen LogP contribution in [0.1, 0.15) is 10.4 Å². The van der Waals surface area contributed by atoms with E-state index in [1.807, 2.05) is 11.9 Å². The number of carbonyl (C=O) groups is 1. The summed E-state index contributed by atoms with van der Waals surface area (Å²) in [6.07, 6.45) is 0. The largest absolute Gasteiger partial charge is 0.478 e. The molecule has 0 amide bonds. The molecule has 7 heteroatoms. The number of carboxylic acids is 1. The molecule has 0 aromatic heterocycles. The highest BCUT2D eigenvalue weighted by molar-refractivity contribution is 5.88. The summed E-state index contributed by atoms with van der Waals surface area (Å²) >= 11 is 0. The van der Waals surface area contributed by atoms with Crippen LogP contribution in [0.3, 0.4) is 0 Å². The first-order valence-electron chi connectivity index (χ1n) is 6.09. The van der Waals surface area contributed by atoms with Crippen molar-refractivity contribution in [2.45, 2.75) is 0 Å². The molecule has 0 fully saturated rings. The van der Waals surface area contributed by atoms with Gasteiger partial charge in [0.25, 0.3) is 0 Å². The van der Waals surface area contributed by atoms with E-state index in [9.17, 15) is 13.6 Å². The molecule has 0 unspecified atom stereocenters. The van der Waals surface area contributed by atoms with Gasteiger partial charge in [-0.25, -0.2) is 13.6 Å². The van der Waals surface area contributed by atoms with Crippen molar-refractivity contribution < 1.29 is 23.4 Å². The minimum Gasteiger partial charge on any atom is -0.478 e. The van der Waals surface area contributed by atoms with Gasteiger partial charge in [0.05, 0.1) is 12.2 Å². The molecule has 112 valence electrons. The molecule has 5 nitrogen and oxygen atoms in total. The van der Waals surface area contributed by atoms with Crippen molar-refractivity contribution in [3.8, 4) is 0 Å². The third kappa shape index (κ3) is 4.75. The van der Waals surface area contributed by atoms with Gasteiger partial charge >= 0.3 is 5.97 Å². The quantitative estimate of drug-likeness (QED) is 0.761. The Labute approximate surface area is 116 Å². The van der Waals surface area contributed by atoms with E-state index < -0.39 is 23.2 Å². The Morgan fingerprint density at radius 2 is 1.95 bits per heavy atom. The second kappa shape index (κ2) is 7.76. The fourth-order valence-corrected chi connectivity index (χ4v) is 1.60. The standard InChI is InChI=1S/C13H18F2N2O3/c1-17(5-6-20-2)4-3-16-12-10(14)7-9(13(18)19)8-11(12)15/h7-8,16H,3-6H2,1-2H3,(H,18,19). The number of carboxylic acid groups (broad SMARTS) is 1. The lowest BCUT2D eigenvalue weighted by Crippen LogP contribution is -2.28. The van der Waals surface area contributed by atoms with Crippen molar-refractivity contribution in [2.24, 2.45) is 0 Å². The number of likely N-dealkylation sites (N-methyl/N-ethyl adjacent to an activating group) is 1. The predicted octanol–water partition coefficient (Wildman–Crippen LogP) is 1.65. The summed E-state index contributed by atoms with van der Waals surface area (Å²) in [6.45, 7) is 2.19. The van der Waals surface area contributed by atoms with E-state index in [0.29, 0.717) is 26.2 Å². The summed E-state index contributed by atoms with van der Waals surface area (Å²) < 4.78 is 32.1. The zero-order valence-electron chi connectivity index (χ0n) is 11.4. The zero-order valence-corrected chi connectivity index (χ0v) is 11.4. The maximum atomic E-state index is 13.6. The number of hydrogen-bond donors (Lipinski definition) is 2. The first-order valence-corrected chi connectivity index (χ1v) is 6.09. The Balaban J connectivity index is 2.58. The van der Waals surface area contributed by atoms with Gasteiger partial charge in [-0.05, 0) is 19.2 Å². The van der Waals surface area contributed by atoms with E-state index in [0.717, 1.165) is 12.1 Å². The first-order chi connectivity index (χ1) is 9.45. The Morgan fingerprint density at radius 3 is 2.45 bits per heavy atom. The Kier molecular flexibility index (Phi) is 6.33. The van der Waals surface area contributed by atoms with Gasteiger partial charge in [0.2, 0.25) is 0 Å². The van der Waals surface area contributed by atoms with E-state index in [2.05, 4.69) is 5.32 Å². The molecule has 2 N–H and O–H groups in total.